The van der Waals surface area contributed by atoms with Gasteiger partial charge < -0.3 is 14.9 Å². The Morgan fingerprint density at radius 3 is 2.89 bits per heavy atom. The summed E-state index contributed by atoms with van der Waals surface area (Å²) in [6.45, 7) is -0.313. The van der Waals surface area contributed by atoms with Gasteiger partial charge in [0, 0.05) is 6.20 Å². The lowest BCUT2D eigenvalue weighted by molar-refractivity contribution is -0.113. The van der Waals surface area contributed by atoms with E-state index in [-0.39, 0.29) is 6.61 Å². The molecule has 0 radical (unpaired) electrons. The summed E-state index contributed by atoms with van der Waals surface area (Å²) in [5.41, 5.74) is -0.988. The Hall–Kier alpha value is -0.710. The molecule has 7 nitrogen and oxygen atoms in total. The molecule has 1 aromatic heterocycles. The normalized spacial score (nSPS) is 28.1. The summed E-state index contributed by atoms with van der Waals surface area (Å²) in [6.07, 6.45) is 1.10. The van der Waals surface area contributed by atoms with E-state index in [9.17, 15) is 19.8 Å². The third-order valence-electron chi connectivity index (χ3n) is 3.13. The smallest absolute Gasteiger partial charge is 0.330 e. The van der Waals surface area contributed by atoms with Crippen molar-refractivity contribution in [3.8, 4) is 0 Å². The molecule has 1 aromatic rings. The third-order valence-corrected chi connectivity index (χ3v) is 3.89. The maximum Gasteiger partial charge on any atom is 0.330 e. The molecule has 1 saturated heterocycles. The molecule has 2 heterocycles. The molecule has 0 aliphatic carbocycles. The molecule has 106 valence electrons. The van der Waals surface area contributed by atoms with Gasteiger partial charge in [-0.05, 0) is 41.9 Å². The van der Waals surface area contributed by atoms with Crippen molar-refractivity contribution in [2.75, 3.05) is 6.61 Å². The summed E-state index contributed by atoms with van der Waals surface area (Å²) >= 11 is 1.83. The number of aromatic amines is 1. The number of halogens is 1. The van der Waals surface area contributed by atoms with Gasteiger partial charge in [-0.3, -0.25) is 14.3 Å². The molecule has 0 amide bonds. The van der Waals surface area contributed by atoms with Gasteiger partial charge in [0.2, 0.25) is 0 Å². The van der Waals surface area contributed by atoms with E-state index < -0.39 is 29.7 Å². The van der Waals surface area contributed by atoms with Crippen molar-refractivity contribution < 1.29 is 14.9 Å². The Kier molecular flexibility index (Phi) is 4.76. The molecule has 3 atom stereocenters. The van der Waals surface area contributed by atoms with Crippen molar-refractivity contribution in [2.24, 2.45) is 0 Å². The monoisotopic (exact) mass is 382 g/mol. The molecule has 0 saturated carbocycles. The Bertz CT molecular complexity index is 555. The van der Waals surface area contributed by atoms with Crippen LogP contribution in [0.25, 0.3) is 0 Å². The number of aromatic nitrogens is 2. The summed E-state index contributed by atoms with van der Waals surface area (Å²) in [7, 11) is 0. The molecule has 0 aromatic carbocycles. The van der Waals surface area contributed by atoms with Gasteiger partial charge in [-0.1, -0.05) is 0 Å². The highest BCUT2D eigenvalue weighted by Gasteiger charge is 2.28. The average molecular weight is 382 g/mol. The second kappa shape index (κ2) is 6.16. The van der Waals surface area contributed by atoms with Crippen LogP contribution in [-0.4, -0.2) is 38.6 Å². The first-order valence-corrected chi connectivity index (χ1v) is 7.06. The van der Waals surface area contributed by atoms with Gasteiger partial charge in [0.25, 0.3) is 5.56 Å². The molecular formula is C11H15IN2O5. The lowest BCUT2D eigenvalue weighted by Crippen LogP contribution is -2.37. The van der Waals surface area contributed by atoms with Crippen LogP contribution in [0.3, 0.4) is 0 Å². The van der Waals surface area contributed by atoms with Crippen molar-refractivity contribution in [1.29, 1.82) is 0 Å². The van der Waals surface area contributed by atoms with Crippen LogP contribution in [0.2, 0.25) is 0 Å². The van der Waals surface area contributed by atoms with E-state index in [0.717, 1.165) is 0 Å². The fraction of sp³-hybridized carbons (Fsp3) is 0.636. The Balaban J connectivity index is 2.33. The second-order valence-electron chi connectivity index (χ2n) is 4.45. The van der Waals surface area contributed by atoms with Gasteiger partial charge in [-0.2, -0.15) is 0 Å². The second-order valence-corrected chi connectivity index (χ2v) is 5.62. The number of nitrogens with one attached hydrogen (secondary N) is 1. The van der Waals surface area contributed by atoms with Gasteiger partial charge >= 0.3 is 5.69 Å². The molecule has 0 spiro atoms. The standard InChI is InChI=1S/C11H15IN2O5/c12-6-4-14(11(18)13-10(6)17)9-3-1-2-7(16)8(5-15)19-9/h4,7-9,15-16H,1-3,5H2,(H,13,17,18)/t7-,8+,9+/m0/s1. The predicted molar refractivity (Wildman–Crippen MR) is 74.9 cm³/mol. The van der Waals surface area contributed by atoms with Crippen LogP contribution in [0.1, 0.15) is 25.5 Å². The minimum absolute atomic E-state index is 0.313. The molecule has 3 N–H and O–H groups in total. The van der Waals surface area contributed by atoms with Crippen LogP contribution >= 0.6 is 22.6 Å². The first kappa shape index (κ1) is 14.7. The van der Waals surface area contributed by atoms with Crippen LogP contribution in [-0.2, 0) is 4.74 Å². The van der Waals surface area contributed by atoms with E-state index in [1.165, 1.54) is 10.8 Å². The van der Waals surface area contributed by atoms with E-state index in [1.54, 1.807) is 0 Å². The molecule has 0 unspecified atom stereocenters. The van der Waals surface area contributed by atoms with Gasteiger partial charge in [0.05, 0.1) is 16.3 Å². The fourth-order valence-corrected chi connectivity index (χ4v) is 2.53. The molecule has 8 heteroatoms. The molecule has 0 bridgehead atoms. The number of hydrogen-bond donors (Lipinski definition) is 3. The summed E-state index contributed by atoms with van der Waals surface area (Å²) in [4.78, 5) is 25.3. The van der Waals surface area contributed by atoms with Crippen LogP contribution in [0.4, 0.5) is 0 Å². The first-order valence-electron chi connectivity index (χ1n) is 5.98. The maximum atomic E-state index is 11.8. The van der Waals surface area contributed by atoms with E-state index in [1.807, 2.05) is 22.6 Å². The highest BCUT2D eigenvalue weighted by Crippen LogP contribution is 2.24. The number of hydrogen-bond acceptors (Lipinski definition) is 5. The SMILES string of the molecule is O=c1[nH]c(=O)n([C@H]2CCC[C@H](O)[C@@H](CO)O2)cc1I. The molecule has 1 aliphatic rings. The highest BCUT2D eigenvalue weighted by molar-refractivity contribution is 14.1. The Morgan fingerprint density at radius 2 is 2.21 bits per heavy atom. The number of aliphatic hydroxyl groups excluding tert-OH is 2. The first-order chi connectivity index (χ1) is 9.02. The van der Waals surface area contributed by atoms with Crippen molar-refractivity contribution in [3.63, 3.8) is 0 Å². The van der Waals surface area contributed by atoms with Crippen LogP contribution in [0, 0.1) is 3.57 Å². The molecular weight excluding hydrogens is 367 g/mol. The van der Waals surface area contributed by atoms with E-state index in [4.69, 9.17) is 4.74 Å². The Morgan fingerprint density at radius 1 is 1.47 bits per heavy atom. The summed E-state index contributed by atoms with van der Waals surface area (Å²) in [5, 5.41) is 18.9. The van der Waals surface area contributed by atoms with Crippen molar-refractivity contribution in [3.05, 3.63) is 30.6 Å². The van der Waals surface area contributed by atoms with Crippen molar-refractivity contribution >= 4 is 22.6 Å². The number of aliphatic hydroxyl groups is 2. The van der Waals surface area contributed by atoms with Crippen molar-refractivity contribution in [1.82, 2.24) is 9.55 Å². The van der Waals surface area contributed by atoms with Crippen LogP contribution < -0.4 is 11.2 Å². The zero-order valence-corrected chi connectivity index (χ0v) is 12.2. The van der Waals surface area contributed by atoms with Gasteiger partial charge in [-0.15, -0.1) is 0 Å². The maximum absolute atomic E-state index is 11.8. The molecule has 1 aliphatic heterocycles. The Labute approximate surface area is 122 Å². The highest BCUT2D eigenvalue weighted by atomic mass is 127. The topological polar surface area (TPSA) is 105 Å². The zero-order valence-electron chi connectivity index (χ0n) is 10.1. The molecule has 19 heavy (non-hydrogen) atoms. The fourth-order valence-electron chi connectivity index (χ4n) is 2.09. The number of nitrogens with zero attached hydrogens (tertiary/aromatic N) is 1. The third kappa shape index (κ3) is 3.25. The van der Waals surface area contributed by atoms with E-state index in [0.29, 0.717) is 22.8 Å². The van der Waals surface area contributed by atoms with Crippen LogP contribution in [0.5, 0.6) is 0 Å². The summed E-state index contributed by atoms with van der Waals surface area (Å²) in [6, 6.07) is 0. The van der Waals surface area contributed by atoms with Gasteiger partial charge in [0.1, 0.15) is 12.3 Å². The number of ether oxygens (including phenoxy) is 1. The summed E-state index contributed by atoms with van der Waals surface area (Å²) in [5.74, 6) is 0. The largest absolute Gasteiger partial charge is 0.394 e. The number of H-pyrrole nitrogens is 1. The lowest BCUT2D eigenvalue weighted by Gasteiger charge is -2.24. The minimum atomic E-state index is -0.743. The number of rotatable bonds is 2. The predicted octanol–water partition coefficient (Wildman–Crippen LogP) is -0.438. The van der Waals surface area contributed by atoms with Crippen molar-refractivity contribution in [2.45, 2.75) is 37.7 Å². The quantitative estimate of drug-likeness (QED) is 0.602. The molecule has 1 fully saturated rings. The van der Waals surface area contributed by atoms with Crippen LogP contribution in [0.15, 0.2) is 15.8 Å². The van der Waals surface area contributed by atoms with Gasteiger partial charge in [0.15, 0.2) is 0 Å². The molecule has 2 rings (SSSR count). The lowest BCUT2D eigenvalue weighted by atomic mass is 10.1. The van der Waals surface area contributed by atoms with Gasteiger partial charge in [-0.25, -0.2) is 4.79 Å². The summed E-state index contributed by atoms with van der Waals surface area (Å²) < 4.78 is 7.25. The average Bonchev–Trinajstić information content (AvgIpc) is 2.55. The zero-order chi connectivity index (χ0) is 14.0. The van der Waals surface area contributed by atoms with E-state index >= 15 is 0 Å². The van der Waals surface area contributed by atoms with E-state index in [2.05, 4.69) is 4.98 Å². The minimum Gasteiger partial charge on any atom is -0.394 e.